The van der Waals surface area contributed by atoms with E-state index in [0.29, 0.717) is 10.8 Å². The van der Waals surface area contributed by atoms with E-state index in [4.69, 9.17) is 0 Å². The fraction of sp³-hybridized carbons (Fsp3) is 0. The van der Waals surface area contributed by atoms with E-state index in [9.17, 15) is 8.78 Å². The van der Waals surface area contributed by atoms with Crippen molar-refractivity contribution in [1.29, 1.82) is 0 Å². The standard InChI is InChI=1S/C34H22F2/c35-29-21-27-28(22-30(29)36)32(24-15-7-2-8-16-24)34(26-19-11-4-12-20-26)33(25-17-9-3-10-18-25)31(27)23-13-5-1-6-14-23/h1-22H. The highest BCUT2D eigenvalue weighted by molar-refractivity contribution is 6.18. The fourth-order valence-corrected chi connectivity index (χ4v) is 5.08. The molecule has 0 N–H and O–H groups in total. The van der Waals surface area contributed by atoms with E-state index >= 15 is 0 Å². The molecule has 6 rings (SSSR count). The molecule has 0 radical (unpaired) electrons. The van der Waals surface area contributed by atoms with Crippen LogP contribution in [0.1, 0.15) is 0 Å². The molecule has 6 aromatic carbocycles. The number of hydrogen-bond acceptors (Lipinski definition) is 0. The van der Waals surface area contributed by atoms with Crippen LogP contribution in [0, 0.1) is 11.6 Å². The van der Waals surface area contributed by atoms with Gasteiger partial charge in [-0.2, -0.15) is 0 Å². The van der Waals surface area contributed by atoms with Gasteiger partial charge in [-0.05, 0) is 67.4 Å². The summed E-state index contributed by atoms with van der Waals surface area (Å²) in [5.41, 5.74) is 7.67. The lowest BCUT2D eigenvalue weighted by atomic mass is 9.79. The van der Waals surface area contributed by atoms with Gasteiger partial charge in [-0.3, -0.25) is 0 Å². The average molecular weight is 469 g/mol. The van der Waals surface area contributed by atoms with Gasteiger partial charge in [-0.25, -0.2) is 8.78 Å². The van der Waals surface area contributed by atoms with Crippen molar-refractivity contribution in [1.82, 2.24) is 0 Å². The first-order valence-electron chi connectivity index (χ1n) is 11.9. The van der Waals surface area contributed by atoms with Gasteiger partial charge < -0.3 is 0 Å². The van der Waals surface area contributed by atoms with Crippen LogP contribution in [0.4, 0.5) is 8.78 Å². The van der Waals surface area contributed by atoms with Crippen LogP contribution in [0.2, 0.25) is 0 Å². The number of benzene rings is 6. The molecule has 0 saturated carbocycles. The molecule has 0 bridgehead atoms. The number of rotatable bonds is 4. The molecule has 0 nitrogen and oxygen atoms in total. The van der Waals surface area contributed by atoms with E-state index in [1.807, 2.05) is 97.1 Å². The van der Waals surface area contributed by atoms with Crippen LogP contribution in [0.5, 0.6) is 0 Å². The van der Waals surface area contributed by atoms with Gasteiger partial charge in [-0.1, -0.05) is 121 Å². The molecule has 2 heteroatoms. The van der Waals surface area contributed by atoms with Gasteiger partial charge in [0, 0.05) is 0 Å². The van der Waals surface area contributed by atoms with Crippen LogP contribution in [0.3, 0.4) is 0 Å². The minimum atomic E-state index is -0.856. The molecule has 0 saturated heterocycles. The summed E-state index contributed by atoms with van der Waals surface area (Å²) >= 11 is 0. The lowest BCUT2D eigenvalue weighted by Crippen LogP contribution is -1.99. The molecule has 0 fully saturated rings. The largest absolute Gasteiger partial charge is 0.204 e. The van der Waals surface area contributed by atoms with Crippen molar-refractivity contribution < 1.29 is 8.78 Å². The van der Waals surface area contributed by atoms with Crippen LogP contribution in [-0.4, -0.2) is 0 Å². The molecule has 0 aromatic heterocycles. The lowest BCUT2D eigenvalue weighted by Gasteiger charge is -2.24. The number of hydrogen-bond donors (Lipinski definition) is 0. The Morgan fingerprint density at radius 3 is 0.833 bits per heavy atom. The SMILES string of the molecule is Fc1cc2c(-c3ccccc3)c(-c3ccccc3)c(-c3ccccc3)c(-c3ccccc3)c2cc1F. The number of halogens is 2. The Labute approximate surface area is 209 Å². The maximum absolute atomic E-state index is 14.9. The zero-order chi connectivity index (χ0) is 24.5. The monoisotopic (exact) mass is 468 g/mol. The summed E-state index contributed by atoms with van der Waals surface area (Å²) in [5, 5.41) is 1.36. The van der Waals surface area contributed by atoms with Gasteiger partial charge >= 0.3 is 0 Å². The zero-order valence-electron chi connectivity index (χ0n) is 19.5. The Kier molecular flexibility index (Phi) is 5.63. The molecular formula is C34H22F2. The molecule has 0 unspecified atom stereocenters. The quantitative estimate of drug-likeness (QED) is 0.241. The second-order valence-corrected chi connectivity index (χ2v) is 8.78. The fourth-order valence-electron chi connectivity index (χ4n) is 5.08. The highest BCUT2D eigenvalue weighted by atomic mass is 19.2. The summed E-state index contributed by atoms with van der Waals surface area (Å²) in [5.74, 6) is -1.71. The molecule has 6 aromatic rings. The minimum Gasteiger partial charge on any atom is -0.204 e. The molecule has 0 aliphatic heterocycles. The van der Waals surface area contributed by atoms with E-state index in [2.05, 4.69) is 24.3 Å². The first kappa shape index (κ1) is 21.9. The third-order valence-electron chi connectivity index (χ3n) is 6.60. The predicted molar refractivity (Wildman–Crippen MR) is 146 cm³/mol. The average Bonchev–Trinajstić information content (AvgIpc) is 2.94. The Morgan fingerprint density at radius 1 is 0.306 bits per heavy atom. The third kappa shape index (κ3) is 3.77. The van der Waals surface area contributed by atoms with Crippen molar-refractivity contribution in [3.05, 3.63) is 145 Å². The summed E-state index contributed by atoms with van der Waals surface area (Å²) in [6.45, 7) is 0. The first-order chi connectivity index (χ1) is 17.7. The Hall–Kier alpha value is -4.56. The Bertz CT molecular complexity index is 1530. The Morgan fingerprint density at radius 2 is 0.556 bits per heavy atom. The second kappa shape index (κ2) is 9.24. The number of fused-ring (bicyclic) bond motifs is 1. The van der Waals surface area contributed by atoms with Crippen LogP contribution < -0.4 is 0 Å². The van der Waals surface area contributed by atoms with E-state index in [1.54, 1.807) is 0 Å². The van der Waals surface area contributed by atoms with E-state index in [0.717, 1.165) is 44.5 Å². The molecule has 0 heterocycles. The normalized spacial score (nSPS) is 11.1. The van der Waals surface area contributed by atoms with Crippen molar-refractivity contribution in [2.45, 2.75) is 0 Å². The molecule has 0 aliphatic rings. The maximum atomic E-state index is 14.9. The highest BCUT2D eigenvalue weighted by Gasteiger charge is 2.25. The van der Waals surface area contributed by atoms with Gasteiger partial charge in [0.25, 0.3) is 0 Å². The molecule has 0 amide bonds. The zero-order valence-corrected chi connectivity index (χ0v) is 19.5. The van der Waals surface area contributed by atoms with E-state index in [-0.39, 0.29) is 0 Å². The van der Waals surface area contributed by atoms with Gasteiger partial charge in [0.1, 0.15) is 0 Å². The van der Waals surface area contributed by atoms with Crippen molar-refractivity contribution in [2.75, 3.05) is 0 Å². The van der Waals surface area contributed by atoms with Gasteiger partial charge in [0.15, 0.2) is 11.6 Å². The Balaban J connectivity index is 1.93. The van der Waals surface area contributed by atoms with Gasteiger partial charge in [-0.15, -0.1) is 0 Å². The predicted octanol–water partition coefficient (Wildman–Crippen LogP) is 9.79. The van der Waals surface area contributed by atoms with E-state index < -0.39 is 11.6 Å². The molecule has 0 atom stereocenters. The van der Waals surface area contributed by atoms with Crippen LogP contribution in [0.15, 0.2) is 133 Å². The molecule has 36 heavy (non-hydrogen) atoms. The van der Waals surface area contributed by atoms with Crippen molar-refractivity contribution in [3.8, 4) is 44.5 Å². The minimum absolute atomic E-state index is 0.678. The highest BCUT2D eigenvalue weighted by Crippen LogP contribution is 2.50. The summed E-state index contributed by atoms with van der Waals surface area (Å²) in [6.07, 6.45) is 0. The summed E-state index contributed by atoms with van der Waals surface area (Å²) in [7, 11) is 0. The molecule has 172 valence electrons. The van der Waals surface area contributed by atoms with Gasteiger partial charge in [0.2, 0.25) is 0 Å². The van der Waals surface area contributed by atoms with Crippen molar-refractivity contribution in [2.24, 2.45) is 0 Å². The third-order valence-corrected chi connectivity index (χ3v) is 6.60. The summed E-state index contributed by atoms with van der Waals surface area (Å²) in [6, 6.07) is 43.0. The second-order valence-electron chi connectivity index (χ2n) is 8.78. The molecule has 0 aliphatic carbocycles. The lowest BCUT2D eigenvalue weighted by molar-refractivity contribution is 0.511. The van der Waals surface area contributed by atoms with Crippen molar-refractivity contribution >= 4 is 10.8 Å². The summed E-state index contributed by atoms with van der Waals surface area (Å²) in [4.78, 5) is 0. The smallest absolute Gasteiger partial charge is 0.159 e. The van der Waals surface area contributed by atoms with Crippen LogP contribution >= 0.6 is 0 Å². The topological polar surface area (TPSA) is 0 Å². The molecular weight excluding hydrogens is 446 g/mol. The van der Waals surface area contributed by atoms with Gasteiger partial charge in [0.05, 0.1) is 0 Å². The maximum Gasteiger partial charge on any atom is 0.159 e. The first-order valence-corrected chi connectivity index (χ1v) is 11.9. The van der Waals surface area contributed by atoms with E-state index in [1.165, 1.54) is 12.1 Å². The summed E-state index contributed by atoms with van der Waals surface area (Å²) < 4.78 is 29.7. The molecule has 0 spiro atoms. The van der Waals surface area contributed by atoms with Crippen molar-refractivity contribution in [3.63, 3.8) is 0 Å². The van der Waals surface area contributed by atoms with Crippen LogP contribution in [-0.2, 0) is 0 Å². The van der Waals surface area contributed by atoms with Crippen LogP contribution in [0.25, 0.3) is 55.3 Å².